The number of carbonyl (C=O) groups is 1. The molecule has 0 radical (unpaired) electrons. The molecule has 1 saturated carbocycles. The highest BCUT2D eigenvalue weighted by molar-refractivity contribution is 5.91. The Morgan fingerprint density at radius 3 is 2.77 bits per heavy atom. The predicted octanol–water partition coefficient (Wildman–Crippen LogP) is 3.56. The molecule has 0 aromatic heterocycles. The number of rotatable bonds is 5. The third-order valence-corrected chi connectivity index (χ3v) is 3.76. The number of benzene rings is 1. The van der Waals surface area contributed by atoms with Gasteiger partial charge in [0.25, 0.3) is 0 Å². The van der Waals surface area contributed by atoms with Gasteiger partial charge in [-0.05, 0) is 30.9 Å². The van der Waals surface area contributed by atoms with E-state index in [1.807, 2.05) is 0 Å². The normalized spacial score (nSPS) is 21.1. The summed E-state index contributed by atoms with van der Waals surface area (Å²) in [7, 11) is 0. The van der Waals surface area contributed by atoms with Crippen LogP contribution in [0.25, 0.3) is 0 Å². The lowest BCUT2D eigenvalue weighted by Gasteiger charge is -2.27. The van der Waals surface area contributed by atoms with Crippen LogP contribution >= 0.6 is 12.4 Å². The number of nitrogens with one attached hydrogen (secondary N) is 1. The van der Waals surface area contributed by atoms with Crippen LogP contribution < -0.4 is 15.8 Å². The molecule has 2 unspecified atom stereocenters. The molecule has 22 heavy (non-hydrogen) atoms. The van der Waals surface area contributed by atoms with Crippen LogP contribution in [0.4, 0.5) is 14.5 Å². The van der Waals surface area contributed by atoms with Crippen molar-refractivity contribution in [3.8, 4) is 5.75 Å². The Kier molecular flexibility index (Phi) is 7.55. The topological polar surface area (TPSA) is 64.4 Å². The van der Waals surface area contributed by atoms with Crippen LogP contribution in [0.1, 0.15) is 32.1 Å². The molecule has 1 amide bonds. The summed E-state index contributed by atoms with van der Waals surface area (Å²) in [5, 5.41) is 2.70. The second kappa shape index (κ2) is 8.90. The molecule has 2 atom stereocenters. The van der Waals surface area contributed by atoms with E-state index in [0.29, 0.717) is 12.1 Å². The number of alkyl halides is 2. The minimum Gasteiger partial charge on any atom is -0.435 e. The Labute approximate surface area is 134 Å². The van der Waals surface area contributed by atoms with Gasteiger partial charge in [0.1, 0.15) is 5.75 Å². The number of nitrogens with two attached hydrogens (primary N) is 1. The highest BCUT2D eigenvalue weighted by atomic mass is 35.5. The van der Waals surface area contributed by atoms with E-state index in [4.69, 9.17) is 5.73 Å². The van der Waals surface area contributed by atoms with E-state index in [1.165, 1.54) is 12.1 Å². The van der Waals surface area contributed by atoms with Crippen molar-refractivity contribution in [3.63, 3.8) is 0 Å². The fraction of sp³-hybridized carbons (Fsp3) is 0.533. The molecule has 124 valence electrons. The van der Waals surface area contributed by atoms with Gasteiger partial charge in [-0.2, -0.15) is 8.78 Å². The Morgan fingerprint density at radius 1 is 1.36 bits per heavy atom. The maximum atomic E-state index is 12.1. The summed E-state index contributed by atoms with van der Waals surface area (Å²) < 4.78 is 28.6. The standard InChI is InChI=1S/C15H20F2N2O2.ClH/c16-15(17)21-12-6-3-5-11(9-12)19-14(20)8-10-4-1-2-7-13(10)18;/h3,5-6,9-10,13,15H,1-2,4,7-8,18H2,(H,19,20);1H. The Balaban J connectivity index is 0.00000242. The monoisotopic (exact) mass is 334 g/mol. The quantitative estimate of drug-likeness (QED) is 0.865. The number of hydrogen-bond acceptors (Lipinski definition) is 3. The van der Waals surface area contributed by atoms with Crippen LogP contribution in [0, 0.1) is 5.92 Å². The number of hydrogen-bond donors (Lipinski definition) is 2. The lowest BCUT2D eigenvalue weighted by atomic mass is 9.83. The molecule has 0 saturated heterocycles. The fourth-order valence-electron chi connectivity index (χ4n) is 2.69. The van der Waals surface area contributed by atoms with Crippen LogP contribution in [0.5, 0.6) is 5.75 Å². The maximum Gasteiger partial charge on any atom is 0.387 e. The number of anilines is 1. The number of carbonyl (C=O) groups excluding carboxylic acids is 1. The molecule has 1 aliphatic carbocycles. The first-order chi connectivity index (χ1) is 10.0. The third-order valence-electron chi connectivity index (χ3n) is 3.76. The number of ether oxygens (including phenoxy) is 1. The Morgan fingerprint density at radius 2 is 2.09 bits per heavy atom. The van der Waals surface area contributed by atoms with Crippen LogP contribution in [-0.2, 0) is 4.79 Å². The second-order valence-electron chi connectivity index (χ2n) is 5.37. The van der Waals surface area contributed by atoms with Crippen molar-refractivity contribution in [3.05, 3.63) is 24.3 Å². The van der Waals surface area contributed by atoms with Gasteiger partial charge in [0.15, 0.2) is 0 Å². The van der Waals surface area contributed by atoms with Crippen molar-refractivity contribution < 1.29 is 18.3 Å². The molecule has 0 heterocycles. The molecular formula is C15H21ClF2N2O2. The number of halogens is 3. The van der Waals surface area contributed by atoms with Crippen LogP contribution in [0.3, 0.4) is 0 Å². The zero-order chi connectivity index (χ0) is 15.2. The van der Waals surface area contributed by atoms with E-state index in [-0.39, 0.29) is 36.0 Å². The molecule has 0 bridgehead atoms. The molecule has 1 fully saturated rings. The van der Waals surface area contributed by atoms with Crippen LogP contribution in [0.2, 0.25) is 0 Å². The molecule has 3 N–H and O–H groups in total. The zero-order valence-corrected chi connectivity index (χ0v) is 13.0. The Hall–Kier alpha value is -1.40. The summed E-state index contributed by atoms with van der Waals surface area (Å²) in [5.74, 6) is 0.0722. The highest BCUT2D eigenvalue weighted by Crippen LogP contribution is 2.26. The summed E-state index contributed by atoms with van der Waals surface area (Å²) in [6.07, 6.45) is 4.50. The molecule has 1 aromatic carbocycles. The van der Waals surface area contributed by atoms with Gasteiger partial charge >= 0.3 is 6.61 Å². The lowest BCUT2D eigenvalue weighted by molar-refractivity contribution is -0.117. The van der Waals surface area contributed by atoms with E-state index in [9.17, 15) is 13.6 Å². The highest BCUT2D eigenvalue weighted by Gasteiger charge is 2.24. The van der Waals surface area contributed by atoms with Gasteiger partial charge in [0.05, 0.1) is 0 Å². The minimum atomic E-state index is -2.88. The lowest BCUT2D eigenvalue weighted by Crippen LogP contribution is -2.35. The van der Waals surface area contributed by atoms with Crippen molar-refractivity contribution in [2.24, 2.45) is 11.7 Å². The Bertz CT molecular complexity index is 488. The van der Waals surface area contributed by atoms with E-state index in [1.54, 1.807) is 12.1 Å². The van der Waals surface area contributed by atoms with Crippen LogP contribution in [0.15, 0.2) is 24.3 Å². The zero-order valence-electron chi connectivity index (χ0n) is 12.1. The summed E-state index contributed by atoms with van der Waals surface area (Å²) in [6.45, 7) is -2.88. The first-order valence-electron chi connectivity index (χ1n) is 7.15. The van der Waals surface area contributed by atoms with Crippen molar-refractivity contribution >= 4 is 24.0 Å². The molecule has 7 heteroatoms. The van der Waals surface area contributed by atoms with E-state index >= 15 is 0 Å². The predicted molar refractivity (Wildman–Crippen MR) is 83.5 cm³/mol. The summed E-state index contributed by atoms with van der Waals surface area (Å²) in [4.78, 5) is 12.0. The first kappa shape index (κ1) is 18.6. The molecular weight excluding hydrogens is 314 g/mol. The van der Waals surface area contributed by atoms with Gasteiger partial charge in [-0.1, -0.05) is 18.9 Å². The summed E-state index contributed by atoms with van der Waals surface area (Å²) in [5.41, 5.74) is 6.46. The summed E-state index contributed by atoms with van der Waals surface area (Å²) >= 11 is 0. The average Bonchev–Trinajstić information content (AvgIpc) is 2.41. The van der Waals surface area contributed by atoms with Gasteiger partial charge in [-0.3, -0.25) is 4.79 Å². The fourth-order valence-corrected chi connectivity index (χ4v) is 2.69. The molecule has 4 nitrogen and oxygen atoms in total. The van der Waals surface area contributed by atoms with Gasteiger partial charge < -0.3 is 15.8 Å². The molecule has 2 rings (SSSR count). The number of amides is 1. The van der Waals surface area contributed by atoms with Crippen molar-refractivity contribution in [2.75, 3.05) is 5.32 Å². The van der Waals surface area contributed by atoms with E-state index < -0.39 is 6.61 Å². The smallest absolute Gasteiger partial charge is 0.387 e. The van der Waals surface area contributed by atoms with Crippen molar-refractivity contribution in [1.82, 2.24) is 0 Å². The van der Waals surface area contributed by atoms with Gasteiger partial charge in [0, 0.05) is 24.2 Å². The van der Waals surface area contributed by atoms with Crippen LogP contribution in [-0.4, -0.2) is 18.6 Å². The average molecular weight is 335 g/mol. The molecule has 0 aliphatic heterocycles. The van der Waals surface area contributed by atoms with Gasteiger partial charge in [-0.25, -0.2) is 0 Å². The maximum absolute atomic E-state index is 12.1. The first-order valence-corrected chi connectivity index (χ1v) is 7.15. The van der Waals surface area contributed by atoms with Gasteiger partial charge in [0.2, 0.25) is 5.91 Å². The van der Waals surface area contributed by atoms with Gasteiger partial charge in [-0.15, -0.1) is 12.4 Å². The second-order valence-corrected chi connectivity index (χ2v) is 5.37. The molecule has 1 aliphatic rings. The van der Waals surface area contributed by atoms with Crippen molar-refractivity contribution in [1.29, 1.82) is 0 Å². The minimum absolute atomic E-state index is 0. The van der Waals surface area contributed by atoms with E-state index in [2.05, 4.69) is 10.1 Å². The molecule has 1 aromatic rings. The van der Waals surface area contributed by atoms with E-state index in [0.717, 1.165) is 25.7 Å². The largest absolute Gasteiger partial charge is 0.435 e. The third kappa shape index (κ3) is 5.77. The SMILES string of the molecule is Cl.NC1CCCCC1CC(=O)Nc1cccc(OC(F)F)c1. The summed E-state index contributed by atoms with van der Waals surface area (Å²) in [6, 6.07) is 6.05. The molecule has 0 spiro atoms. The van der Waals surface area contributed by atoms with Crippen molar-refractivity contribution in [2.45, 2.75) is 44.8 Å².